The van der Waals surface area contributed by atoms with Crippen LogP contribution in [0.1, 0.15) is 0 Å². The van der Waals surface area contributed by atoms with E-state index in [2.05, 4.69) is 40.7 Å². The van der Waals surface area contributed by atoms with Gasteiger partial charge in [0.25, 0.3) is 0 Å². The van der Waals surface area contributed by atoms with Crippen LogP contribution in [0, 0.1) is 0 Å². The second kappa shape index (κ2) is 4.19. The Hall–Kier alpha value is -0.740. The van der Waals surface area contributed by atoms with Gasteiger partial charge in [0.05, 0.1) is 0 Å². The van der Waals surface area contributed by atoms with Crippen molar-refractivity contribution in [3.63, 3.8) is 0 Å². The van der Waals surface area contributed by atoms with Gasteiger partial charge in [0.2, 0.25) is 0 Å². The molecule has 0 aromatic heterocycles. The molecule has 74 valence electrons. The molecule has 2 rings (SSSR count). The molecule has 1 saturated heterocycles. The number of hydrogen-bond donors (Lipinski definition) is 1. The molecule has 1 aliphatic heterocycles. The smallest absolute Gasteiger partial charge is 0.173 e. The molecule has 1 fully saturated rings. The predicted octanol–water partition coefficient (Wildman–Crippen LogP) is 2.10. The molecule has 0 amide bonds. The van der Waals surface area contributed by atoms with Gasteiger partial charge in [-0.2, -0.15) is 0 Å². The van der Waals surface area contributed by atoms with Crippen molar-refractivity contribution in [3.05, 3.63) is 24.3 Å². The first-order valence-electron chi connectivity index (χ1n) is 4.50. The predicted molar refractivity (Wildman–Crippen MR) is 66.2 cm³/mol. The highest BCUT2D eigenvalue weighted by Crippen LogP contribution is 2.21. The van der Waals surface area contributed by atoms with E-state index in [1.54, 1.807) is 11.8 Å². The summed E-state index contributed by atoms with van der Waals surface area (Å²) < 4.78 is 0. The van der Waals surface area contributed by atoms with Crippen molar-refractivity contribution < 1.29 is 0 Å². The summed E-state index contributed by atoms with van der Waals surface area (Å²) in [7, 11) is 0. The minimum absolute atomic E-state index is 0.835. The van der Waals surface area contributed by atoms with Gasteiger partial charge in [-0.25, -0.2) is 0 Å². The number of thioether (sulfide) groups is 1. The molecule has 0 aliphatic carbocycles. The topological polar surface area (TPSA) is 15.3 Å². The Bertz CT molecular complexity index is 334. The zero-order valence-corrected chi connectivity index (χ0v) is 9.62. The summed E-state index contributed by atoms with van der Waals surface area (Å²) in [4.78, 5) is 3.41. The maximum absolute atomic E-state index is 5.19. The monoisotopic (exact) mass is 224 g/mol. The standard InChI is InChI=1S/C10H12N2S2/c1-14-9-4-2-8(3-5-9)12-7-6-11-10(12)13/h2-5H,6-7H2,1H3,(H,11,13). The zero-order valence-electron chi connectivity index (χ0n) is 7.99. The lowest BCUT2D eigenvalue weighted by Crippen LogP contribution is -2.27. The summed E-state index contributed by atoms with van der Waals surface area (Å²) in [6, 6.07) is 8.48. The van der Waals surface area contributed by atoms with Crippen LogP contribution in [0.15, 0.2) is 29.2 Å². The first-order chi connectivity index (χ1) is 6.81. The number of anilines is 1. The van der Waals surface area contributed by atoms with Crippen molar-refractivity contribution in [2.75, 3.05) is 24.2 Å². The lowest BCUT2D eigenvalue weighted by molar-refractivity contribution is 0.975. The minimum Gasteiger partial charge on any atom is -0.360 e. The third-order valence-corrected chi connectivity index (χ3v) is 3.35. The number of hydrogen-bond acceptors (Lipinski definition) is 2. The summed E-state index contributed by atoms with van der Waals surface area (Å²) >= 11 is 6.95. The number of rotatable bonds is 2. The first kappa shape index (κ1) is 9.80. The average Bonchev–Trinajstić information content (AvgIpc) is 2.65. The lowest BCUT2D eigenvalue weighted by Gasteiger charge is -2.16. The molecule has 1 N–H and O–H groups in total. The molecular formula is C10H12N2S2. The van der Waals surface area contributed by atoms with Crippen LogP contribution in [-0.4, -0.2) is 24.5 Å². The highest BCUT2D eigenvalue weighted by molar-refractivity contribution is 7.98. The molecule has 1 aromatic rings. The molecule has 0 saturated carbocycles. The van der Waals surface area contributed by atoms with E-state index in [1.165, 1.54) is 10.6 Å². The highest BCUT2D eigenvalue weighted by Gasteiger charge is 2.16. The van der Waals surface area contributed by atoms with Gasteiger partial charge in [0, 0.05) is 23.7 Å². The number of nitrogens with one attached hydrogen (secondary N) is 1. The highest BCUT2D eigenvalue weighted by atomic mass is 32.2. The molecule has 0 radical (unpaired) electrons. The van der Waals surface area contributed by atoms with Gasteiger partial charge in [-0.3, -0.25) is 0 Å². The molecule has 0 atom stereocenters. The van der Waals surface area contributed by atoms with Crippen molar-refractivity contribution in [2.24, 2.45) is 0 Å². The molecule has 0 unspecified atom stereocenters. The molecule has 4 heteroatoms. The van der Waals surface area contributed by atoms with Crippen molar-refractivity contribution >= 4 is 34.8 Å². The normalized spacial score (nSPS) is 15.8. The fourth-order valence-corrected chi connectivity index (χ4v) is 2.19. The van der Waals surface area contributed by atoms with Gasteiger partial charge < -0.3 is 10.2 Å². The minimum atomic E-state index is 0.835. The van der Waals surface area contributed by atoms with Gasteiger partial charge in [-0.15, -0.1) is 11.8 Å². The molecule has 14 heavy (non-hydrogen) atoms. The Balaban J connectivity index is 2.20. The van der Waals surface area contributed by atoms with Crippen LogP contribution < -0.4 is 10.2 Å². The van der Waals surface area contributed by atoms with Gasteiger partial charge in [-0.1, -0.05) is 0 Å². The molecular weight excluding hydrogens is 212 g/mol. The van der Waals surface area contributed by atoms with Crippen molar-refractivity contribution in [2.45, 2.75) is 4.90 Å². The fourth-order valence-electron chi connectivity index (χ4n) is 1.48. The molecule has 1 heterocycles. The second-order valence-corrected chi connectivity index (χ2v) is 4.35. The summed E-state index contributed by atoms with van der Waals surface area (Å²) in [5.41, 5.74) is 1.18. The maximum atomic E-state index is 5.19. The Morgan fingerprint density at radius 1 is 1.36 bits per heavy atom. The van der Waals surface area contributed by atoms with Gasteiger partial charge in [-0.05, 0) is 42.7 Å². The third kappa shape index (κ3) is 1.86. The van der Waals surface area contributed by atoms with E-state index in [9.17, 15) is 0 Å². The largest absolute Gasteiger partial charge is 0.360 e. The summed E-state index contributed by atoms with van der Waals surface area (Å²) in [5, 5.41) is 3.98. The summed E-state index contributed by atoms with van der Waals surface area (Å²) in [6.45, 7) is 1.92. The van der Waals surface area contributed by atoms with Gasteiger partial charge >= 0.3 is 0 Å². The molecule has 0 bridgehead atoms. The third-order valence-electron chi connectivity index (χ3n) is 2.24. The van der Waals surface area contributed by atoms with E-state index in [1.807, 2.05) is 0 Å². The van der Waals surface area contributed by atoms with Gasteiger partial charge in [0.15, 0.2) is 5.11 Å². The first-order valence-corrected chi connectivity index (χ1v) is 6.14. The van der Waals surface area contributed by atoms with E-state index >= 15 is 0 Å². The Labute approximate surface area is 93.7 Å². The van der Waals surface area contributed by atoms with Crippen molar-refractivity contribution in [1.29, 1.82) is 0 Å². The summed E-state index contributed by atoms with van der Waals surface area (Å²) in [5.74, 6) is 0. The Morgan fingerprint density at radius 3 is 2.57 bits per heavy atom. The van der Waals surface area contributed by atoms with E-state index in [0.717, 1.165) is 18.2 Å². The quantitative estimate of drug-likeness (QED) is 0.611. The van der Waals surface area contributed by atoms with E-state index < -0.39 is 0 Å². The van der Waals surface area contributed by atoms with Crippen LogP contribution in [0.3, 0.4) is 0 Å². The Morgan fingerprint density at radius 2 is 2.07 bits per heavy atom. The van der Waals surface area contributed by atoms with Crippen LogP contribution in [0.2, 0.25) is 0 Å². The summed E-state index contributed by atoms with van der Waals surface area (Å²) in [6.07, 6.45) is 2.08. The zero-order chi connectivity index (χ0) is 9.97. The maximum Gasteiger partial charge on any atom is 0.173 e. The lowest BCUT2D eigenvalue weighted by atomic mass is 10.3. The van der Waals surface area contributed by atoms with Crippen LogP contribution in [0.4, 0.5) is 5.69 Å². The van der Waals surface area contributed by atoms with Crippen LogP contribution in [-0.2, 0) is 0 Å². The molecule has 2 nitrogen and oxygen atoms in total. The van der Waals surface area contributed by atoms with E-state index in [-0.39, 0.29) is 0 Å². The molecule has 0 spiro atoms. The number of nitrogens with zero attached hydrogens (tertiary/aromatic N) is 1. The van der Waals surface area contributed by atoms with Crippen LogP contribution in [0.5, 0.6) is 0 Å². The van der Waals surface area contributed by atoms with Crippen LogP contribution >= 0.6 is 24.0 Å². The molecule has 1 aromatic carbocycles. The number of benzene rings is 1. The Kier molecular flexibility index (Phi) is 2.93. The van der Waals surface area contributed by atoms with Crippen molar-refractivity contribution in [3.8, 4) is 0 Å². The van der Waals surface area contributed by atoms with Gasteiger partial charge in [0.1, 0.15) is 0 Å². The average molecular weight is 224 g/mol. The SMILES string of the molecule is CSc1ccc(N2CCNC2=S)cc1. The van der Waals surface area contributed by atoms with Crippen LogP contribution in [0.25, 0.3) is 0 Å². The fraction of sp³-hybridized carbons (Fsp3) is 0.300. The second-order valence-electron chi connectivity index (χ2n) is 3.08. The van der Waals surface area contributed by atoms with E-state index in [4.69, 9.17) is 12.2 Å². The van der Waals surface area contributed by atoms with Crippen molar-refractivity contribution in [1.82, 2.24) is 5.32 Å². The molecule has 1 aliphatic rings. The van der Waals surface area contributed by atoms with E-state index in [0.29, 0.717) is 0 Å². The number of thiocarbonyl (C=S) groups is 1.